The van der Waals surface area contributed by atoms with Gasteiger partial charge in [0.25, 0.3) is 0 Å². The van der Waals surface area contributed by atoms with Gasteiger partial charge in [0.15, 0.2) is 0 Å². The molecule has 342 valence electrons. The van der Waals surface area contributed by atoms with Gasteiger partial charge in [-0.15, -0.1) is 0 Å². The highest BCUT2D eigenvalue weighted by Crippen LogP contribution is 2.57. The number of carbonyl (C=O) groups is 4. The summed E-state index contributed by atoms with van der Waals surface area (Å²) in [4.78, 5) is 68.4. The summed E-state index contributed by atoms with van der Waals surface area (Å²) in [5.41, 5.74) is 14.2. The molecule has 4 amide bonds. The van der Waals surface area contributed by atoms with Crippen LogP contribution in [-0.2, 0) is 25.5 Å². The van der Waals surface area contributed by atoms with E-state index in [4.69, 9.17) is 19.5 Å². The van der Waals surface area contributed by atoms with E-state index in [1.807, 2.05) is 43.7 Å². The summed E-state index contributed by atoms with van der Waals surface area (Å²) in [6.45, 7) is 9.17. The molecule has 0 aliphatic carbocycles. The van der Waals surface area contributed by atoms with Crippen LogP contribution in [0.1, 0.15) is 113 Å². The largest absolute Gasteiger partial charge is 0.453 e. The van der Waals surface area contributed by atoms with Gasteiger partial charge in [-0.2, -0.15) is 0 Å². The number of likely N-dealkylation sites (tertiary alicyclic amines) is 2. The molecule has 2 N–H and O–H groups in total. The van der Waals surface area contributed by atoms with Crippen LogP contribution in [0, 0.1) is 11.8 Å². The number of rotatable bonds is 12. The van der Waals surface area contributed by atoms with Crippen LogP contribution >= 0.6 is 0 Å². The molecule has 9 rings (SSSR count). The van der Waals surface area contributed by atoms with Gasteiger partial charge in [-0.05, 0) is 120 Å². The minimum absolute atomic E-state index is 0.0355. The van der Waals surface area contributed by atoms with Gasteiger partial charge < -0.3 is 29.9 Å². The number of carbonyl (C=O) groups excluding carboxylic acids is 4. The van der Waals surface area contributed by atoms with Crippen molar-refractivity contribution < 1.29 is 28.7 Å². The average Bonchev–Trinajstić information content (AvgIpc) is 4.20. The molecule has 0 spiro atoms. The molecule has 6 aliphatic rings. The van der Waals surface area contributed by atoms with Crippen molar-refractivity contribution in [3.8, 4) is 22.3 Å². The number of allylic oxidation sites excluding steroid dienone is 1. The third kappa shape index (κ3) is 8.14. The molecule has 3 aromatic rings. The van der Waals surface area contributed by atoms with Gasteiger partial charge in [-0.25, -0.2) is 9.59 Å². The number of amides is 4. The van der Waals surface area contributed by atoms with E-state index in [1.165, 1.54) is 53.2 Å². The van der Waals surface area contributed by atoms with Crippen LogP contribution in [0.4, 0.5) is 15.3 Å². The molecule has 3 fully saturated rings. The molecule has 6 heterocycles. The standard InChI is InChI=1S/C52H63N7O6/c1-8-30(4)48(56-52(63)65-7)50(61)59-24-10-12-42(59)40-26-34-25-33(17-20-38(34)54-40)37-19-18-36(45-43-21-22-44(46(37)45)57(43)5)32-15-13-31(14-16-32)35-27-39(53-28-35)41-11-9-23-58(41)49(60)47(29(2)3)55-51(62)64-6/h13-20,25,28-30,41-44,47-48H,8-12,21-24,26-27H2,1-7H3,(H,55,62)(H,56,63)/t30-,41-,42-,43?,44?,47-,48-/m0/s1. The Kier molecular flexibility index (Phi) is 12.4. The highest BCUT2D eigenvalue weighted by atomic mass is 16.5. The van der Waals surface area contributed by atoms with Crippen molar-refractivity contribution in [2.24, 2.45) is 21.8 Å². The number of ether oxygens (including phenoxy) is 2. The van der Waals surface area contributed by atoms with Crippen molar-refractivity contribution in [3.05, 3.63) is 83.1 Å². The van der Waals surface area contributed by atoms with Crippen molar-refractivity contribution >= 4 is 46.7 Å². The van der Waals surface area contributed by atoms with Crippen molar-refractivity contribution in [3.63, 3.8) is 0 Å². The number of aliphatic imine (C=N–C) groups is 2. The molecule has 2 unspecified atom stereocenters. The van der Waals surface area contributed by atoms with Crippen LogP contribution in [0.15, 0.2) is 70.8 Å². The van der Waals surface area contributed by atoms with Crippen LogP contribution < -0.4 is 10.6 Å². The van der Waals surface area contributed by atoms with Gasteiger partial charge >= 0.3 is 12.2 Å². The van der Waals surface area contributed by atoms with E-state index in [-0.39, 0.29) is 35.7 Å². The van der Waals surface area contributed by atoms with E-state index in [0.717, 1.165) is 73.2 Å². The molecule has 6 aliphatic heterocycles. The van der Waals surface area contributed by atoms with Gasteiger partial charge in [-0.1, -0.05) is 76.6 Å². The predicted molar refractivity (Wildman–Crippen MR) is 253 cm³/mol. The summed E-state index contributed by atoms with van der Waals surface area (Å²) in [7, 11) is 4.91. The molecular formula is C52H63N7O6. The Bertz CT molecular complexity index is 2480. The maximum absolute atomic E-state index is 14.0. The average molecular weight is 882 g/mol. The molecule has 13 heteroatoms. The number of alkyl carbamates (subject to hydrolysis) is 2. The quantitative estimate of drug-likeness (QED) is 0.185. The van der Waals surface area contributed by atoms with Gasteiger partial charge in [0.1, 0.15) is 12.1 Å². The first kappa shape index (κ1) is 44.4. The first-order valence-corrected chi connectivity index (χ1v) is 23.7. The summed E-state index contributed by atoms with van der Waals surface area (Å²) >= 11 is 0. The van der Waals surface area contributed by atoms with E-state index < -0.39 is 24.3 Å². The zero-order valence-electron chi connectivity index (χ0n) is 38.9. The molecule has 0 saturated carbocycles. The van der Waals surface area contributed by atoms with Crippen molar-refractivity contribution in [1.82, 2.24) is 25.3 Å². The smallest absolute Gasteiger partial charge is 0.407 e. The van der Waals surface area contributed by atoms with E-state index in [1.54, 1.807) is 0 Å². The summed E-state index contributed by atoms with van der Waals surface area (Å²) in [5.74, 6) is -0.273. The highest BCUT2D eigenvalue weighted by molar-refractivity contribution is 6.04. The highest BCUT2D eigenvalue weighted by Gasteiger charge is 2.45. The summed E-state index contributed by atoms with van der Waals surface area (Å²) < 4.78 is 9.69. The summed E-state index contributed by atoms with van der Waals surface area (Å²) in [5, 5.41) is 5.56. The minimum atomic E-state index is -0.659. The van der Waals surface area contributed by atoms with Gasteiger partial charge in [-0.3, -0.25) is 24.5 Å². The van der Waals surface area contributed by atoms with Crippen LogP contribution in [0.5, 0.6) is 0 Å². The van der Waals surface area contributed by atoms with E-state index in [9.17, 15) is 19.2 Å². The van der Waals surface area contributed by atoms with Crippen LogP contribution in [0.2, 0.25) is 0 Å². The summed E-state index contributed by atoms with van der Waals surface area (Å²) in [6, 6.07) is 19.4. The lowest BCUT2D eigenvalue weighted by atomic mass is 9.81. The fraction of sp³-hybridized carbons (Fsp3) is 0.500. The molecule has 0 radical (unpaired) electrons. The predicted octanol–water partition coefficient (Wildman–Crippen LogP) is 8.79. The maximum atomic E-state index is 14.0. The molecule has 3 aromatic carbocycles. The Morgan fingerprint density at radius 2 is 1.25 bits per heavy atom. The van der Waals surface area contributed by atoms with Crippen LogP contribution in [-0.4, -0.2) is 109 Å². The minimum Gasteiger partial charge on any atom is -0.453 e. The molecule has 2 bridgehead atoms. The number of nitrogens with one attached hydrogen (secondary N) is 2. The van der Waals surface area contributed by atoms with Gasteiger partial charge in [0, 0.05) is 55.6 Å². The molecule has 13 nitrogen and oxygen atoms in total. The lowest BCUT2D eigenvalue weighted by molar-refractivity contribution is -0.135. The normalized spacial score (nSPS) is 23.4. The number of hydrogen-bond donors (Lipinski definition) is 2. The molecule has 7 atom stereocenters. The molecule has 3 saturated heterocycles. The second-order valence-electron chi connectivity index (χ2n) is 19.2. The summed E-state index contributed by atoms with van der Waals surface area (Å²) in [6.07, 6.45) is 8.67. The van der Waals surface area contributed by atoms with Crippen LogP contribution in [0.3, 0.4) is 0 Å². The number of fused-ring (bicyclic) bond motifs is 6. The number of nitrogens with zero attached hydrogens (tertiary/aromatic N) is 5. The zero-order valence-corrected chi connectivity index (χ0v) is 38.9. The van der Waals surface area contributed by atoms with Crippen molar-refractivity contribution in [2.75, 3.05) is 34.4 Å². The SMILES string of the molecule is CC[C@H](C)[C@H](NC(=O)OC)C(=O)N1CCC[C@H]1C1=Nc2ccc(-c3ccc(-c4ccc(C5=CN=C([C@@H]6CCCN6C(=O)[C@@H](NC(=O)OC)C(C)C)C5)cc4)c4c3C3CCC4N3C)cc2C1. The molecule has 0 aromatic heterocycles. The Morgan fingerprint density at radius 1 is 0.692 bits per heavy atom. The number of methoxy groups -OCH3 is 2. The van der Waals surface area contributed by atoms with E-state index >= 15 is 0 Å². The monoisotopic (exact) mass is 881 g/mol. The topological polar surface area (TPSA) is 145 Å². The van der Waals surface area contributed by atoms with Gasteiger partial charge in [0.2, 0.25) is 11.8 Å². The van der Waals surface area contributed by atoms with Crippen molar-refractivity contribution in [2.45, 2.75) is 122 Å². The van der Waals surface area contributed by atoms with Gasteiger partial charge in [0.05, 0.1) is 32.0 Å². The fourth-order valence-corrected chi connectivity index (χ4v) is 11.5. The molecule has 65 heavy (non-hydrogen) atoms. The Morgan fingerprint density at radius 3 is 1.85 bits per heavy atom. The van der Waals surface area contributed by atoms with E-state index in [2.05, 4.69) is 77.2 Å². The first-order chi connectivity index (χ1) is 31.4. The Labute approximate surface area is 382 Å². The Balaban J connectivity index is 0.911. The van der Waals surface area contributed by atoms with Crippen molar-refractivity contribution in [1.29, 1.82) is 0 Å². The van der Waals surface area contributed by atoms with E-state index in [0.29, 0.717) is 38.0 Å². The lowest BCUT2D eigenvalue weighted by Crippen LogP contribution is -2.54. The van der Waals surface area contributed by atoms with Crippen LogP contribution in [0.25, 0.3) is 27.8 Å². The second kappa shape index (κ2) is 18.2. The fourth-order valence-electron chi connectivity index (χ4n) is 11.5. The molecular weight excluding hydrogens is 819 g/mol. The second-order valence-corrected chi connectivity index (χ2v) is 19.2. The third-order valence-electron chi connectivity index (χ3n) is 15.2. The lowest BCUT2D eigenvalue weighted by Gasteiger charge is -2.31. The zero-order chi connectivity index (χ0) is 45.7. The number of benzene rings is 3. The maximum Gasteiger partial charge on any atom is 0.407 e. The first-order valence-electron chi connectivity index (χ1n) is 23.7. The Hall–Kier alpha value is -5.82. The third-order valence-corrected chi connectivity index (χ3v) is 15.2. The number of hydrogen-bond acceptors (Lipinski definition) is 9.